The summed E-state index contributed by atoms with van der Waals surface area (Å²) in [6.07, 6.45) is 7.68. The molecule has 3 nitrogen and oxygen atoms in total. The Balaban J connectivity index is 1.67. The van der Waals surface area contributed by atoms with Gasteiger partial charge in [0.05, 0.1) is 11.0 Å². The predicted octanol–water partition coefficient (Wildman–Crippen LogP) is 4.54. The van der Waals surface area contributed by atoms with Crippen molar-refractivity contribution in [2.24, 2.45) is 0 Å². The molecule has 1 saturated heterocycles. The third-order valence-electron chi connectivity index (χ3n) is 4.25. The molecule has 1 fully saturated rings. The molecule has 0 bridgehead atoms. The minimum Gasteiger partial charge on any atom is -0.314 e. The molecule has 3 heterocycles. The van der Waals surface area contributed by atoms with Crippen molar-refractivity contribution in [1.82, 2.24) is 14.3 Å². The van der Waals surface area contributed by atoms with Gasteiger partial charge in [0, 0.05) is 28.4 Å². The van der Waals surface area contributed by atoms with Gasteiger partial charge in [-0.1, -0.05) is 11.6 Å². The molecule has 5 heteroatoms. The number of aromatic nitrogens is 2. The first-order valence-corrected chi connectivity index (χ1v) is 9.07. The minimum absolute atomic E-state index is 0.580. The van der Waals surface area contributed by atoms with Gasteiger partial charge >= 0.3 is 0 Å². The zero-order valence-corrected chi connectivity index (χ0v) is 14.3. The fraction of sp³-hybridized carbons (Fsp3) is 0.278. The van der Waals surface area contributed by atoms with Crippen molar-refractivity contribution in [3.05, 3.63) is 59.4 Å². The first-order chi connectivity index (χ1) is 11.3. The van der Waals surface area contributed by atoms with E-state index in [-0.39, 0.29) is 0 Å². The Morgan fingerprint density at radius 1 is 1.26 bits per heavy atom. The van der Waals surface area contributed by atoms with E-state index in [1.165, 1.54) is 28.8 Å². The highest BCUT2D eigenvalue weighted by atomic mass is 35.5. The summed E-state index contributed by atoms with van der Waals surface area (Å²) in [5.41, 5.74) is 3.60. The summed E-state index contributed by atoms with van der Waals surface area (Å²) in [6.45, 7) is 1.14. The number of rotatable bonds is 4. The number of nitrogens with one attached hydrogen (secondary N) is 1. The monoisotopic (exact) mass is 343 g/mol. The Morgan fingerprint density at radius 3 is 2.91 bits per heavy atom. The van der Waals surface area contributed by atoms with Crippen LogP contribution in [-0.2, 0) is 6.42 Å². The average Bonchev–Trinajstić information content (AvgIpc) is 3.19. The van der Waals surface area contributed by atoms with E-state index >= 15 is 0 Å². The van der Waals surface area contributed by atoms with E-state index in [1.54, 1.807) is 11.9 Å². The average molecular weight is 344 g/mol. The molecule has 118 valence electrons. The molecule has 3 aromatic rings. The molecule has 23 heavy (non-hydrogen) atoms. The fourth-order valence-electron chi connectivity index (χ4n) is 3.12. The molecule has 0 saturated carbocycles. The summed E-state index contributed by atoms with van der Waals surface area (Å²) in [4.78, 5) is 5.78. The molecule has 1 aliphatic rings. The number of benzene rings is 1. The van der Waals surface area contributed by atoms with Crippen LogP contribution in [0.4, 0.5) is 0 Å². The lowest BCUT2D eigenvalue weighted by Gasteiger charge is -2.08. The molecule has 1 aromatic carbocycles. The van der Waals surface area contributed by atoms with Crippen LogP contribution in [0.15, 0.2) is 53.7 Å². The van der Waals surface area contributed by atoms with Crippen LogP contribution >= 0.6 is 23.5 Å². The summed E-state index contributed by atoms with van der Waals surface area (Å²) < 4.78 is 2.22. The Morgan fingerprint density at radius 2 is 2.13 bits per heavy atom. The van der Waals surface area contributed by atoms with Crippen LogP contribution in [0.1, 0.15) is 18.4 Å². The molecule has 1 aliphatic heterocycles. The number of nitrogens with zero attached hydrogens (tertiary/aromatic N) is 2. The van der Waals surface area contributed by atoms with Crippen LogP contribution < -0.4 is 5.32 Å². The lowest BCUT2D eigenvalue weighted by molar-refractivity contribution is 0.604. The highest BCUT2D eigenvalue weighted by Gasteiger charge is 2.18. The Bertz CT molecular complexity index is 807. The summed E-state index contributed by atoms with van der Waals surface area (Å²) >= 11 is 7.68. The number of pyridine rings is 1. The van der Waals surface area contributed by atoms with Crippen LogP contribution in [0.5, 0.6) is 0 Å². The molecular weight excluding hydrogens is 326 g/mol. The van der Waals surface area contributed by atoms with Gasteiger partial charge in [0.1, 0.15) is 0 Å². The van der Waals surface area contributed by atoms with E-state index in [0.29, 0.717) is 6.04 Å². The molecular formula is C18H18ClN3S. The van der Waals surface area contributed by atoms with E-state index in [0.717, 1.165) is 23.5 Å². The maximum atomic E-state index is 5.98. The SMILES string of the molecule is Clc1ccc(Sn2cc(CC3CCCN3)c3ncccc32)cc1. The Labute approximate surface area is 145 Å². The van der Waals surface area contributed by atoms with E-state index in [9.17, 15) is 0 Å². The van der Waals surface area contributed by atoms with Gasteiger partial charge in [-0.25, -0.2) is 0 Å². The molecule has 1 unspecified atom stereocenters. The first kappa shape index (κ1) is 15.1. The van der Waals surface area contributed by atoms with Gasteiger partial charge in [-0.15, -0.1) is 0 Å². The molecule has 2 aromatic heterocycles. The Kier molecular flexibility index (Phi) is 4.29. The molecule has 0 radical (unpaired) electrons. The van der Waals surface area contributed by atoms with Crippen molar-refractivity contribution < 1.29 is 0 Å². The zero-order chi connectivity index (χ0) is 15.6. The Hall–Kier alpha value is -1.49. The standard InChI is InChI=1S/C18H18ClN3S/c19-14-5-7-16(8-6-14)23-22-12-13(11-15-3-1-9-20-15)18-17(22)4-2-10-21-18/h2,4-8,10,12,15,20H,1,3,9,11H2. The summed E-state index contributed by atoms with van der Waals surface area (Å²) in [5, 5.41) is 4.34. The van der Waals surface area contributed by atoms with Gasteiger partial charge in [-0.3, -0.25) is 8.96 Å². The van der Waals surface area contributed by atoms with Crippen molar-refractivity contribution in [3.63, 3.8) is 0 Å². The quantitative estimate of drug-likeness (QED) is 0.754. The fourth-order valence-corrected chi connectivity index (χ4v) is 4.16. The van der Waals surface area contributed by atoms with Crippen LogP contribution in [0.2, 0.25) is 5.02 Å². The maximum absolute atomic E-state index is 5.98. The van der Waals surface area contributed by atoms with E-state index in [4.69, 9.17) is 11.6 Å². The second-order valence-corrected chi connectivity index (χ2v) is 7.38. The normalized spacial score (nSPS) is 17.9. The second kappa shape index (κ2) is 6.56. The number of fused-ring (bicyclic) bond motifs is 1. The smallest absolute Gasteiger partial charge is 0.0922 e. The predicted molar refractivity (Wildman–Crippen MR) is 97.2 cm³/mol. The highest BCUT2D eigenvalue weighted by molar-refractivity contribution is 7.98. The van der Waals surface area contributed by atoms with Crippen LogP contribution in [0, 0.1) is 0 Å². The third-order valence-corrected chi connectivity index (χ3v) is 5.48. The van der Waals surface area contributed by atoms with Gasteiger partial charge < -0.3 is 5.32 Å². The van der Waals surface area contributed by atoms with E-state index < -0.39 is 0 Å². The number of halogens is 1. The zero-order valence-electron chi connectivity index (χ0n) is 12.7. The summed E-state index contributed by atoms with van der Waals surface area (Å²) in [5.74, 6) is 0. The van der Waals surface area contributed by atoms with Gasteiger partial charge in [0.15, 0.2) is 0 Å². The highest BCUT2D eigenvalue weighted by Crippen LogP contribution is 2.30. The van der Waals surface area contributed by atoms with Crippen molar-refractivity contribution in [2.75, 3.05) is 6.54 Å². The number of hydrogen-bond donors (Lipinski definition) is 1. The maximum Gasteiger partial charge on any atom is 0.0922 e. The van der Waals surface area contributed by atoms with Crippen LogP contribution in [0.3, 0.4) is 0 Å². The summed E-state index contributed by atoms with van der Waals surface area (Å²) in [6, 6.07) is 12.7. The topological polar surface area (TPSA) is 29.9 Å². The van der Waals surface area contributed by atoms with Crippen LogP contribution in [0.25, 0.3) is 11.0 Å². The van der Waals surface area contributed by atoms with Crippen molar-refractivity contribution >= 4 is 34.6 Å². The lowest BCUT2D eigenvalue weighted by Crippen LogP contribution is -2.23. The van der Waals surface area contributed by atoms with Gasteiger partial charge in [-0.2, -0.15) is 0 Å². The van der Waals surface area contributed by atoms with Crippen molar-refractivity contribution in [2.45, 2.75) is 30.2 Å². The van der Waals surface area contributed by atoms with Gasteiger partial charge in [-0.05, 0) is 79.7 Å². The number of hydrogen-bond acceptors (Lipinski definition) is 3. The van der Waals surface area contributed by atoms with E-state index in [2.05, 4.69) is 26.5 Å². The molecule has 0 aliphatic carbocycles. The van der Waals surface area contributed by atoms with E-state index in [1.807, 2.05) is 36.5 Å². The molecule has 1 atom stereocenters. The molecule has 0 spiro atoms. The first-order valence-electron chi connectivity index (χ1n) is 7.92. The lowest BCUT2D eigenvalue weighted by atomic mass is 10.1. The molecule has 0 amide bonds. The second-order valence-electron chi connectivity index (χ2n) is 5.89. The van der Waals surface area contributed by atoms with Crippen molar-refractivity contribution in [3.8, 4) is 0 Å². The minimum atomic E-state index is 0.580. The molecule has 4 rings (SSSR count). The third kappa shape index (κ3) is 3.25. The largest absolute Gasteiger partial charge is 0.314 e. The van der Waals surface area contributed by atoms with Crippen LogP contribution in [-0.4, -0.2) is 21.5 Å². The van der Waals surface area contributed by atoms with Crippen molar-refractivity contribution in [1.29, 1.82) is 0 Å². The van der Waals surface area contributed by atoms with Gasteiger partial charge in [0.2, 0.25) is 0 Å². The molecule has 1 N–H and O–H groups in total. The van der Waals surface area contributed by atoms with Gasteiger partial charge in [0.25, 0.3) is 0 Å². The summed E-state index contributed by atoms with van der Waals surface area (Å²) in [7, 11) is 0.